The number of hydrogen-bond acceptors (Lipinski definition) is 3. The number of anilines is 1. The van der Waals surface area contributed by atoms with Crippen LogP contribution in [0.15, 0.2) is 91.0 Å². The molecule has 4 aromatic carbocycles. The second-order valence-corrected chi connectivity index (χ2v) is 7.94. The fourth-order valence-corrected chi connectivity index (χ4v) is 4.23. The van der Waals surface area contributed by atoms with E-state index in [9.17, 15) is 4.79 Å². The summed E-state index contributed by atoms with van der Waals surface area (Å²) < 4.78 is 12.0. The van der Waals surface area contributed by atoms with Gasteiger partial charge in [0.15, 0.2) is 0 Å². The van der Waals surface area contributed by atoms with Crippen LogP contribution in [0, 0.1) is 0 Å². The molecule has 4 aromatic rings. The summed E-state index contributed by atoms with van der Waals surface area (Å²) in [4.78, 5) is 12.7. The number of amides is 1. The first-order valence-electron chi connectivity index (χ1n) is 10.2. The summed E-state index contributed by atoms with van der Waals surface area (Å²) in [6, 6.07) is 28.4. The first-order chi connectivity index (χ1) is 15.6. The van der Waals surface area contributed by atoms with E-state index in [0.29, 0.717) is 16.3 Å². The summed E-state index contributed by atoms with van der Waals surface area (Å²) in [5, 5.41) is 3.63. The Labute approximate surface area is 191 Å². The van der Waals surface area contributed by atoms with Gasteiger partial charge < -0.3 is 14.8 Å². The molecule has 1 heterocycles. The third-order valence-electron chi connectivity index (χ3n) is 5.50. The zero-order valence-corrected chi connectivity index (χ0v) is 18.1. The van der Waals surface area contributed by atoms with Crippen LogP contribution in [-0.2, 0) is 0 Å². The molecule has 32 heavy (non-hydrogen) atoms. The van der Waals surface area contributed by atoms with E-state index in [-0.39, 0.29) is 12.0 Å². The van der Waals surface area contributed by atoms with Gasteiger partial charge in [0.25, 0.3) is 5.91 Å². The fraction of sp³-hybridized carbons (Fsp3) is 0.0741. The molecule has 0 spiro atoms. The maximum atomic E-state index is 12.7. The van der Waals surface area contributed by atoms with Gasteiger partial charge >= 0.3 is 0 Å². The quantitative estimate of drug-likeness (QED) is 0.381. The molecule has 1 amide bonds. The first-order valence-corrected chi connectivity index (χ1v) is 10.6. The lowest BCUT2D eigenvalue weighted by atomic mass is 9.88. The molecule has 0 bridgehead atoms. The van der Waals surface area contributed by atoms with Gasteiger partial charge in [-0.3, -0.25) is 4.79 Å². The van der Waals surface area contributed by atoms with Gasteiger partial charge in [0.1, 0.15) is 17.6 Å². The Morgan fingerprint density at radius 2 is 1.75 bits per heavy atom. The second-order valence-electron chi connectivity index (χ2n) is 7.51. The number of hydrogen-bond donors (Lipinski definition) is 1. The molecule has 1 N–H and O–H groups in total. The highest BCUT2D eigenvalue weighted by atomic mass is 35.5. The van der Waals surface area contributed by atoms with Crippen LogP contribution in [0.25, 0.3) is 11.1 Å². The minimum absolute atomic E-state index is 0.167. The predicted octanol–water partition coefficient (Wildman–Crippen LogP) is 6.75. The molecule has 1 atom stereocenters. The van der Waals surface area contributed by atoms with E-state index in [0.717, 1.165) is 33.8 Å². The lowest BCUT2D eigenvalue weighted by Gasteiger charge is -2.30. The molecule has 0 saturated heterocycles. The topological polar surface area (TPSA) is 47.6 Å². The molecule has 0 aliphatic carbocycles. The third kappa shape index (κ3) is 3.70. The van der Waals surface area contributed by atoms with Gasteiger partial charge in [0.05, 0.1) is 12.7 Å². The normalized spacial score (nSPS) is 14.0. The van der Waals surface area contributed by atoms with Crippen LogP contribution in [0.2, 0.25) is 5.02 Å². The molecular formula is C27H20ClNO3. The van der Waals surface area contributed by atoms with E-state index in [1.165, 1.54) is 0 Å². The highest BCUT2D eigenvalue weighted by molar-refractivity contribution is 6.30. The van der Waals surface area contributed by atoms with Crippen molar-refractivity contribution < 1.29 is 14.3 Å². The van der Waals surface area contributed by atoms with Crippen molar-refractivity contribution in [3.63, 3.8) is 0 Å². The van der Waals surface area contributed by atoms with Crippen molar-refractivity contribution in [2.24, 2.45) is 0 Å². The Balaban J connectivity index is 1.61. The Bertz CT molecular complexity index is 1300. The van der Waals surface area contributed by atoms with Crippen molar-refractivity contribution in [2.75, 3.05) is 12.4 Å². The molecule has 1 aliphatic rings. The van der Waals surface area contributed by atoms with Crippen LogP contribution in [0.3, 0.4) is 0 Å². The average Bonchev–Trinajstić information content (AvgIpc) is 2.83. The molecule has 0 saturated carbocycles. The van der Waals surface area contributed by atoms with Gasteiger partial charge in [-0.1, -0.05) is 54.1 Å². The van der Waals surface area contributed by atoms with Crippen LogP contribution in [0.1, 0.15) is 27.6 Å². The molecule has 5 heteroatoms. The highest BCUT2D eigenvalue weighted by Gasteiger charge is 2.30. The van der Waals surface area contributed by atoms with Crippen LogP contribution in [0.5, 0.6) is 11.5 Å². The van der Waals surface area contributed by atoms with E-state index in [1.54, 1.807) is 19.2 Å². The standard InChI is InChI=1S/C27H20ClNO3/c1-31-23-11-6-12-24-25(23)21-14-13-20(29-27(30)17-7-3-2-4-8-17)16-22(21)26(32-24)18-9-5-10-19(28)15-18/h2-16,26H,1H3,(H,29,30). The number of benzene rings is 4. The van der Waals surface area contributed by atoms with Crippen molar-refractivity contribution in [2.45, 2.75) is 6.10 Å². The minimum Gasteiger partial charge on any atom is -0.496 e. The van der Waals surface area contributed by atoms with E-state index < -0.39 is 0 Å². The summed E-state index contributed by atoms with van der Waals surface area (Å²) in [5.74, 6) is 1.30. The summed E-state index contributed by atoms with van der Waals surface area (Å²) in [6.45, 7) is 0. The largest absolute Gasteiger partial charge is 0.496 e. The molecule has 0 aromatic heterocycles. The lowest BCUT2D eigenvalue weighted by molar-refractivity contribution is 0.102. The van der Waals surface area contributed by atoms with Gasteiger partial charge in [-0.2, -0.15) is 0 Å². The van der Waals surface area contributed by atoms with Crippen molar-refractivity contribution >= 4 is 23.2 Å². The van der Waals surface area contributed by atoms with E-state index in [2.05, 4.69) is 5.32 Å². The van der Waals surface area contributed by atoms with E-state index >= 15 is 0 Å². The Morgan fingerprint density at radius 1 is 0.938 bits per heavy atom. The van der Waals surface area contributed by atoms with Crippen molar-refractivity contribution in [1.82, 2.24) is 0 Å². The van der Waals surface area contributed by atoms with Crippen molar-refractivity contribution in [3.05, 3.63) is 113 Å². The molecule has 158 valence electrons. The molecule has 4 nitrogen and oxygen atoms in total. The smallest absolute Gasteiger partial charge is 0.255 e. The monoisotopic (exact) mass is 441 g/mol. The number of methoxy groups -OCH3 is 1. The molecular weight excluding hydrogens is 422 g/mol. The average molecular weight is 442 g/mol. The highest BCUT2D eigenvalue weighted by Crippen LogP contribution is 2.49. The molecule has 5 rings (SSSR count). The van der Waals surface area contributed by atoms with Crippen LogP contribution < -0.4 is 14.8 Å². The van der Waals surface area contributed by atoms with Crippen LogP contribution >= 0.6 is 11.6 Å². The van der Waals surface area contributed by atoms with Gasteiger partial charge in [-0.25, -0.2) is 0 Å². The molecule has 1 aliphatic heterocycles. The third-order valence-corrected chi connectivity index (χ3v) is 5.74. The number of nitrogens with one attached hydrogen (secondary N) is 1. The number of carbonyl (C=O) groups excluding carboxylic acids is 1. The Hall–Kier alpha value is -3.76. The summed E-state index contributed by atoms with van der Waals surface area (Å²) in [5.41, 5.74) is 5.02. The summed E-state index contributed by atoms with van der Waals surface area (Å²) in [7, 11) is 1.65. The zero-order valence-electron chi connectivity index (χ0n) is 17.3. The van der Waals surface area contributed by atoms with E-state index in [1.807, 2.05) is 78.9 Å². The van der Waals surface area contributed by atoms with Crippen molar-refractivity contribution in [1.29, 1.82) is 0 Å². The van der Waals surface area contributed by atoms with Gasteiger partial charge in [-0.15, -0.1) is 0 Å². The zero-order chi connectivity index (χ0) is 22.1. The maximum Gasteiger partial charge on any atom is 0.255 e. The number of ether oxygens (including phenoxy) is 2. The summed E-state index contributed by atoms with van der Waals surface area (Å²) >= 11 is 6.27. The number of carbonyl (C=O) groups is 1. The van der Waals surface area contributed by atoms with Gasteiger partial charge in [0, 0.05) is 21.8 Å². The van der Waals surface area contributed by atoms with Gasteiger partial charge in [0.2, 0.25) is 0 Å². The Kier molecular flexibility index (Phi) is 5.29. The Morgan fingerprint density at radius 3 is 2.53 bits per heavy atom. The number of rotatable bonds is 4. The molecule has 0 radical (unpaired) electrons. The lowest BCUT2D eigenvalue weighted by Crippen LogP contribution is -2.17. The summed E-state index contributed by atoms with van der Waals surface area (Å²) in [6.07, 6.45) is -0.378. The number of fused-ring (bicyclic) bond motifs is 3. The van der Waals surface area contributed by atoms with E-state index in [4.69, 9.17) is 21.1 Å². The number of halogens is 1. The first kappa shape index (κ1) is 20.2. The van der Waals surface area contributed by atoms with Crippen LogP contribution in [0.4, 0.5) is 5.69 Å². The van der Waals surface area contributed by atoms with Crippen LogP contribution in [-0.4, -0.2) is 13.0 Å². The van der Waals surface area contributed by atoms with Gasteiger partial charge in [-0.05, 0) is 59.7 Å². The molecule has 1 unspecified atom stereocenters. The maximum absolute atomic E-state index is 12.7. The SMILES string of the molecule is COc1cccc2c1-c1ccc(NC(=O)c3ccccc3)cc1C(c1cccc(Cl)c1)O2. The predicted molar refractivity (Wildman–Crippen MR) is 127 cm³/mol. The molecule has 0 fully saturated rings. The second kappa shape index (κ2) is 8.40. The van der Waals surface area contributed by atoms with Crippen molar-refractivity contribution in [3.8, 4) is 22.6 Å². The fourth-order valence-electron chi connectivity index (χ4n) is 4.03. The minimum atomic E-state index is -0.378.